The number of likely N-dealkylation sites (N-methyl/N-ethyl adjacent to an activating group) is 1. The highest BCUT2D eigenvalue weighted by molar-refractivity contribution is 5.25. The summed E-state index contributed by atoms with van der Waals surface area (Å²) in [6, 6.07) is 10.8. The van der Waals surface area contributed by atoms with Crippen molar-refractivity contribution in [2.75, 3.05) is 33.2 Å². The molecule has 1 aromatic rings. The summed E-state index contributed by atoms with van der Waals surface area (Å²) in [5, 5.41) is 0. The van der Waals surface area contributed by atoms with Crippen LogP contribution in [0.3, 0.4) is 0 Å². The van der Waals surface area contributed by atoms with Gasteiger partial charge in [0.25, 0.3) is 0 Å². The van der Waals surface area contributed by atoms with E-state index in [1.54, 1.807) is 0 Å². The van der Waals surface area contributed by atoms with Crippen LogP contribution in [0.2, 0.25) is 0 Å². The van der Waals surface area contributed by atoms with Crippen molar-refractivity contribution in [3.05, 3.63) is 35.9 Å². The van der Waals surface area contributed by atoms with E-state index in [9.17, 15) is 0 Å². The van der Waals surface area contributed by atoms with Crippen molar-refractivity contribution in [2.45, 2.75) is 30.8 Å². The molecule has 0 aromatic heterocycles. The molecular formula is C16H25N3. The summed E-state index contributed by atoms with van der Waals surface area (Å²) in [4.78, 5) is 5.07. The highest BCUT2D eigenvalue weighted by Crippen LogP contribution is 2.45. The maximum Gasteiger partial charge on any atom is 0.0482 e. The number of rotatable bonds is 3. The number of piperazine rings is 1. The monoisotopic (exact) mass is 259 g/mol. The number of nitrogens with zero attached hydrogens (tertiary/aromatic N) is 2. The van der Waals surface area contributed by atoms with Crippen molar-refractivity contribution in [3.8, 4) is 0 Å². The molecule has 1 atom stereocenters. The van der Waals surface area contributed by atoms with Crippen LogP contribution in [0, 0.1) is 0 Å². The van der Waals surface area contributed by atoms with Gasteiger partial charge in [-0.25, -0.2) is 0 Å². The van der Waals surface area contributed by atoms with Gasteiger partial charge in [-0.15, -0.1) is 0 Å². The first-order valence-corrected chi connectivity index (χ1v) is 7.46. The summed E-state index contributed by atoms with van der Waals surface area (Å²) in [5.74, 6) is 0. The summed E-state index contributed by atoms with van der Waals surface area (Å²) in [6.07, 6.45) is 3.84. The second-order valence-corrected chi connectivity index (χ2v) is 6.14. The van der Waals surface area contributed by atoms with Gasteiger partial charge in [-0.3, -0.25) is 4.90 Å². The minimum Gasteiger partial charge on any atom is -0.322 e. The van der Waals surface area contributed by atoms with E-state index in [4.69, 9.17) is 5.73 Å². The Hall–Kier alpha value is -0.900. The van der Waals surface area contributed by atoms with Crippen LogP contribution in [0.4, 0.5) is 0 Å². The second-order valence-electron chi connectivity index (χ2n) is 6.14. The Morgan fingerprint density at radius 2 is 1.68 bits per heavy atom. The van der Waals surface area contributed by atoms with E-state index in [-0.39, 0.29) is 11.6 Å². The molecule has 3 nitrogen and oxygen atoms in total. The average molecular weight is 259 g/mol. The van der Waals surface area contributed by atoms with E-state index in [2.05, 4.69) is 47.2 Å². The van der Waals surface area contributed by atoms with E-state index in [1.165, 1.54) is 37.9 Å². The number of nitrogens with two attached hydrogens (primary N) is 1. The predicted octanol–water partition coefficient (Wildman–Crippen LogP) is 1.86. The van der Waals surface area contributed by atoms with Gasteiger partial charge in [0.1, 0.15) is 0 Å². The third-order valence-electron chi connectivity index (χ3n) is 5.09. The average Bonchev–Trinajstić information content (AvgIpc) is 2.40. The number of hydrogen-bond acceptors (Lipinski definition) is 3. The highest BCUT2D eigenvalue weighted by Gasteiger charge is 2.47. The van der Waals surface area contributed by atoms with Crippen molar-refractivity contribution in [2.24, 2.45) is 5.73 Å². The van der Waals surface area contributed by atoms with E-state index < -0.39 is 0 Å². The van der Waals surface area contributed by atoms with E-state index in [0.29, 0.717) is 0 Å². The molecule has 1 unspecified atom stereocenters. The zero-order valence-corrected chi connectivity index (χ0v) is 11.9. The Morgan fingerprint density at radius 1 is 1.05 bits per heavy atom. The summed E-state index contributed by atoms with van der Waals surface area (Å²) in [6.45, 7) is 4.67. The predicted molar refractivity (Wildman–Crippen MR) is 79.0 cm³/mol. The molecule has 0 spiro atoms. The molecule has 1 heterocycles. The standard InChI is InChI=1S/C16H25N3/c1-18-10-12-19(13-11-18)16(8-5-9-16)15(17)14-6-3-2-4-7-14/h2-4,6-7,15H,5,8-13,17H2,1H3. The first kappa shape index (κ1) is 13.1. The minimum atomic E-state index is 0.158. The van der Waals surface area contributed by atoms with Crippen molar-refractivity contribution < 1.29 is 0 Å². The first-order chi connectivity index (χ1) is 9.22. The van der Waals surface area contributed by atoms with Crippen LogP contribution >= 0.6 is 0 Å². The zero-order chi connectivity index (χ0) is 13.3. The van der Waals surface area contributed by atoms with Crippen LogP contribution in [0.15, 0.2) is 30.3 Å². The summed E-state index contributed by atoms with van der Waals surface area (Å²) >= 11 is 0. The molecule has 1 saturated heterocycles. The second kappa shape index (κ2) is 5.23. The lowest BCUT2D eigenvalue weighted by molar-refractivity contribution is -0.0325. The molecule has 2 aliphatic rings. The van der Waals surface area contributed by atoms with Crippen molar-refractivity contribution in [1.29, 1.82) is 0 Å². The van der Waals surface area contributed by atoms with E-state index in [0.717, 1.165) is 13.1 Å². The van der Waals surface area contributed by atoms with Gasteiger partial charge in [-0.2, -0.15) is 0 Å². The lowest BCUT2D eigenvalue weighted by atomic mass is 9.68. The maximum absolute atomic E-state index is 6.65. The van der Waals surface area contributed by atoms with E-state index >= 15 is 0 Å². The Kier molecular flexibility index (Phi) is 3.61. The molecule has 0 radical (unpaired) electrons. The first-order valence-electron chi connectivity index (χ1n) is 7.46. The molecule has 19 heavy (non-hydrogen) atoms. The Balaban J connectivity index is 1.79. The summed E-state index contributed by atoms with van der Waals surface area (Å²) in [5.41, 5.74) is 8.16. The molecular weight excluding hydrogens is 234 g/mol. The van der Waals surface area contributed by atoms with E-state index in [1.807, 2.05) is 0 Å². The van der Waals surface area contributed by atoms with Crippen molar-refractivity contribution >= 4 is 0 Å². The molecule has 2 fully saturated rings. The van der Waals surface area contributed by atoms with Gasteiger partial charge in [0, 0.05) is 37.8 Å². The van der Waals surface area contributed by atoms with Gasteiger partial charge in [0.15, 0.2) is 0 Å². The molecule has 2 N–H and O–H groups in total. The molecule has 0 bridgehead atoms. The summed E-state index contributed by atoms with van der Waals surface area (Å²) < 4.78 is 0. The van der Waals surface area contributed by atoms with Crippen LogP contribution in [0.1, 0.15) is 30.9 Å². The van der Waals surface area contributed by atoms with Gasteiger partial charge in [0.2, 0.25) is 0 Å². The lowest BCUT2D eigenvalue weighted by Crippen LogP contribution is -2.64. The Morgan fingerprint density at radius 3 is 2.21 bits per heavy atom. The van der Waals surface area contributed by atoms with Gasteiger partial charge < -0.3 is 10.6 Å². The largest absolute Gasteiger partial charge is 0.322 e. The van der Waals surface area contributed by atoms with Gasteiger partial charge in [-0.1, -0.05) is 30.3 Å². The van der Waals surface area contributed by atoms with Crippen LogP contribution < -0.4 is 5.73 Å². The van der Waals surface area contributed by atoms with Gasteiger partial charge >= 0.3 is 0 Å². The fourth-order valence-electron chi connectivity index (χ4n) is 3.59. The molecule has 0 amide bonds. The maximum atomic E-state index is 6.65. The molecule has 3 heteroatoms. The SMILES string of the molecule is CN1CCN(C2(C(N)c3ccccc3)CCC2)CC1. The minimum absolute atomic E-state index is 0.158. The number of benzene rings is 1. The molecule has 104 valence electrons. The third kappa shape index (κ3) is 2.31. The van der Waals surface area contributed by atoms with Crippen LogP contribution in [-0.4, -0.2) is 48.6 Å². The number of hydrogen-bond donors (Lipinski definition) is 1. The molecule has 1 aliphatic carbocycles. The third-order valence-corrected chi connectivity index (χ3v) is 5.09. The van der Waals surface area contributed by atoms with Crippen molar-refractivity contribution in [3.63, 3.8) is 0 Å². The quantitative estimate of drug-likeness (QED) is 0.899. The summed E-state index contributed by atoms with van der Waals surface area (Å²) in [7, 11) is 2.21. The topological polar surface area (TPSA) is 32.5 Å². The smallest absolute Gasteiger partial charge is 0.0482 e. The lowest BCUT2D eigenvalue weighted by Gasteiger charge is -2.56. The Labute approximate surface area is 116 Å². The Bertz CT molecular complexity index is 405. The fourth-order valence-corrected chi connectivity index (χ4v) is 3.59. The van der Waals surface area contributed by atoms with Crippen LogP contribution in [0.5, 0.6) is 0 Å². The molecule has 1 aromatic carbocycles. The van der Waals surface area contributed by atoms with Crippen LogP contribution in [0.25, 0.3) is 0 Å². The van der Waals surface area contributed by atoms with Gasteiger partial charge in [0.05, 0.1) is 0 Å². The normalized spacial score (nSPS) is 25.8. The fraction of sp³-hybridized carbons (Fsp3) is 0.625. The molecule has 1 saturated carbocycles. The van der Waals surface area contributed by atoms with Crippen molar-refractivity contribution in [1.82, 2.24) is 9.80 Å². The van der Waals surface area contributed by atoms with Crippen LogP contribution in [-0.2, 0) is 0 Å². The zero-order valence-electron chi connectivity index (χ0n) is 11.9. The molecule has 3 rings (SSSR count). The van der Waals surface area contributed by atoms with Gasteiger partial charge in [-0.05, 0) is 31.9 Å². The highest BCUT2D eigenvalue weighted by atomic mass is 15.3. The molecule has 1 aliphatic heterocycles.